The highest BCUT2D eigenvalue weighted by atomic mass is 35.5. The van der Waals surface area contributed by atoms with Crippen LogP contribution in [0.15, 0.2) is 108 Å². The van der Waals surface area contributed by atoms with Crippen LogP contribution in [-0.4, -0.2) is 43.8 Å². The Kier molecular flexibility index (Phi) is 11.7. The third-order valence-electron chi connectivity index (χ3n) is 7.48. The molecular formula is C35H37Cl2N3O4S. The molecule has 0 bridgehead atoms. The Hall–Kier alpha value is -3.85. The van der Waals surface area contributed by atoms with Gasteiger partial charge in [0, 0.05) is 29.1 Å². The first-order chi connectivity index (χ1) is 21.5. The van der Waals surface area contributed by atoms with Gasteiger partial charge in [-0.3, -0.25) is 13.9 Å². The summed E-state index contributed by atoms with van der Waals surface area (Å²) in [6.45, 7) is 5.35. The van der Waals surface area contributed by atoms with Crippen molar-refractivity contribution in [2.75, 3.05) is 10.8 Å². The van der Waals surface area contributed by atoms with E-state index in [2.05, 4.69) is 5.32 Å². The molecule has 0 aromatic heterocycles. The standard InChI is InChI=1S/C35H37Cl2N3O4S/c1-4-26(3)38-35(42)33(21-27-11-6-5-7-12-27)39(23-28-13-8-10-25(2)20-28)34(41)24-40(31-15-9-14-30(37)22-31)45(43,44)32-18-16-29(36)17-19-32/h5-20,22,26,33H,4,21,23-24H2,1-3H3,(H,38,42)/t26-,33-/m1/s1. The number of anilines is 1. The van der Waals surface area contributed by atoms with E-state index in [-0.39, 0.29) is 35.5 Å². The minimum atomic E-state index is -4.26. The zero-order chi connectivity index (χ0) is 32.6. The van der Waals surface area contributed by atoms with E-state index in [0.29, 0.717) is 16.5 Å². The average Bonchev–Trinajstić information content (AvgIpc) is 3.02. The molecule has 4 aromatic carbocycles. The van der Waals surface area contributed by atoms with Gasteiger partial charge < -0.3 is 10.2 Å². The Morgan fingerprint density at radius 2 is 1.49 bits per heavy atom. The van der Waals surface area contributed by atoms with Crippen LogP contribution in [0.25, 0.3) is 0 Å². The fraction of sp³-hybridized carbons (Fsp3) is 0.257. The number of rotatable bonds is 13. The summed E-state index contributed by atoms with van der Waals surface area (Å²) in [4.78, 5) is 29.9. The van der Waals surface area contributed by atoms with Gasteiger partial charge in [-0.25, -0.2) is 8.42 Å². The van der Waals surface area contributed by atoms with Crippen molar-refractivity contribution in [1.29, 1.82) is 0 Å². The molecule has 4 rings (SSSR count). The number of hydrogen-bond acceptors (Lipinski definition) is 4. The summed E-state index contributed by atoms with van der Waals surface area (Å²) in [6.07, 6.45) is 0.944. The molecule has 0 aliphatic carbocycles. The lowest BCUT2D eigenvalue weighted by molar-refractivity contribution is -0.140. The highest BCUT2D eigenvalue weighted by Crippen LogP contribution is 2.28. The molecule has 2 atom stereocenters. The summed E-state index contributed by atoms with van der Waals surface area (Å²) in [5.41, 5.74) is 2.89. The van der Waals surface area contributed by atoms with Crippen LogP contribution in [0.2, 0.25) is 10.0 Å². The Morgan fingerprint density at radius 3 is 2.13 bits per heavy atom. The van der Waals surface area contributed by atoms with E-state index in [0.717, 1.165) is 21.0 Å². The molecule has 0 heterocycles. The summed E-state index contributed by atoms with van der Waals surface area (Å²) in [5, 5.41) is 3.72. The summed E-state index contributed by atoms with van der Waals surface area (Å²) in [5.74, 6) is -0.863. The number of amides is 2. The van der Waals surface area contributed by atoms with Crippen molar-refractivity contribution < 1.29 is 18.0 Å². The molecule has 7 nitrogen and oxygen atoms in total. The van der Waals surface area contributed by atoms with Gasteiger partial charge in [-0.15, -0.1) is 0 Å². The number of nitrogens with zero attached hydrogens (tertiary/aromatic N) is 2. The first-order valence-electron chi connectivity index (χ1n) is 14.7. The quantitative estimate of drug-likeness (QED) is 0.166. The summed E-state index contributed by atoms with van der Waals surface area (Å²) in [6, 6.07) is 28.1. The van der Waals surface area contributed by atoms with Gasteiger partial charge in [0.15, 0.2) is 0 Å². The molecule has 0 aliphatic heterocycles. The van der Waals surface area contributed by atoms with E-state index < -0.39 is 28.5 Å². The largest absolute Gasteiger partial charge is 0.352 e. The lowest BCUT2D eigenvalue weighted by Gasteiger charge is -2.34. The maximum Gasteiger partial charge on any atom is 0.264 e. The van der Waals surface area contributed by atoms with E-state index in [1.165, 1.54) is 35.2 Å². The smallest absolute Gasteiger partial charge is 0.264 e. The lowest BCUT2D eigenvalue weighted by Crippen LogP contribution is -2.54. The summed E-state index contributed by atoms with van der Waals surface area (Å²) >= 11 is 12.3. The number of carbonyl (C=O) groups is 2. The van der Waals surface area contributed by atoms with Crippen LogP contribution in [0.5, 0.6) is 0 Å². The van der Waals surface area contributed by atoms with E-state index >= 15 is 0 Å². The van der Waals surface area contributed by atoms with Gasteiger partial charge in [0.25, 0.3) is 10.0 Å². The SMILES string of the molecule is CC[C@@H](C)NC(=O)[C@@H](Cc1ccccc1)N(Cc1cccc(C)c1)C(=O)CN(c1cccc(Cl)c1)S(=O)(=O)c1ccc(Cl)cc1. The van der Waals surface area contributed by atoms with Gasteiger partial charge in [-0.2, -0.15) is 0 Å². The molecule has 0 fully saturated rings. The molecule has 1 N–H and O–H groups in total. The van der Waals surface area contributed by atoms with Crippen molar-refractivity contribution >= 4 is 50.7 Å². The van der Waals surface area contributed by atoms with E-state index in [1.54, 1.807) is 18.2 Å². The molecule has 0 radical (unpaired) electrons. The molecule has 45 heavy (non-hydrogen) atoms. The molecule has 0 spiro atoms. The predicted octanol–water partition coefficient (Wildman–Crippen LogP) is 7.05. The topological polar surface area (TPSA) is 86.8 Å². The van der Waals surface area contributed by atoms with Crippen LogP contribution in [0.4, 0.5) is 5.69 Å². The molecule has 0 aliphatic rings. The van der Waals surface area contributed by atoms with Crippen molar-refractivity contribution in [1.82, 2.24) is 10.2 Å². The minimum absolute atomic E-state index is 0.0414. The number of nitrogens with one attached hydrogen (secondary N) is 1. The Bertz CT molecular complexity index is 1720. The number of sulfonamides is 1. The number of benzene rings is 4. The summed E-state index contributed by atoms with van der Waals surface area (Å²) in [7, 11) is -4.26. The van der Waals surface area contributed by atoms with Gasteiger partial charge in [0.2, 0.25) is 11.8 Å². The fourth-order valence-electron chi connectivity index (χ4n) is 4.90. The highest BCUT2D eigenvalue weighted by molar-refractivity contribution is 7.92. The zero-order valence-electron chi connectivity index (χ0n) is 25.5. The normalized spacial score (nSPS) is 12.6. The molecule has 0 saturated heterocycles. The maximum atomic E-state index is 14.5. The molecule has 0 saturated carbocycles. The highest BCUT2D eigenvalue weighted by Gasteiger charge is 2.35. The molecule has 2 amide bonds. The number of hydrogen-bond donors (Lipinski definition) is 1. The second-order valence-corrected chi connectivity index (χ2v) is 13.7. The zero-order valence-corrected chi connectivity index (χ0v) is 27.8. The minimum Gasteiger partial charge on any atom is -0.352 e. The van der Waals surface area contributed by atoms with Crippen LogP contribution in [0.3, 0.4) is 0 Å². The third kappa shape index (κ3) is 9.10. The van der Waals surface area contributed by atoms with Gasteiger partial charge in [0.05, 0.1) is 10.6 Å². The fourth-order valence-corrected chi connectivity index (χ4v) is 6.61. The molecule has 4 aromatic rings. The van der Waals surface area contributed by atoms with E-state index in [9.17, 15) is 18.0 Å². The Labute approximate surface area is 275 Å². The first kappa shape index (κ1) is 34.0. The van der Waals surface area contributed by atoms with Crippen LogP contribution < -0.4 is 9.62 Å². The Balaban J connectivity index is 1.81. The monoisotopic (exact) mass is 665 g/mol. The van der Waals surface area contributed by atoms with Crippen molar-refractivity contribution in [2.45, 2.75) is 57.1 Å². The van der Waals surface area contributed by atoms with Crippen molar-refractivity contribution in [2.24, 2.45) is 0 Å². The van der Waals surface area contributed by atoms with E-state index in [4.69, 9.17) is 23.2 Å². The van der Waals surface area contributed by atoms with Crippen LogP contribution in [-0.2, 0) is 32.6 Å². The first-order valence-corrected chi connectivity index (χ1v) is 16.9. The van der Waals surface area contributed by atoms with Gasteiger partial charge in [-0.1, -0.05) is 96.4 Å². The number of aryl methyl sites for hydroxylation is 1. The predicted molar refractivity (Wildman–Crippen MR) is 181 cm³/mol. The maximum absolute atomic E-state index is 14.5. The number of halogens is 2. The van der Waals surface area contributed by atoms with Crippen LogP contribution in [0, 0.1) is 6.92 Å². The molecule has 236 valence electrons. The lowest BCUT2D eigenvalue weighted by atomic mass is 10.0. The second kappa shape index (κ2) is 15.4. The van der Waals surface area contributed by atoms with Crippen molar-refractivity contribution in [3.63, 3.8) is 0 Å². The Morgan fingerprint density at radius 1 is 0.822 bits per heavy atom. The summed E-state index contributed by atoms with van der Waals surface area (Å²) < 4.78 is 29.2. The third-order valence-corrected chi connectivity index (χ3v) is 9.76. The van der Waals surface area contributed by atoms with Gasteiger partial charge >= 0.3 is 0 Å². The number of carbonyl (C=O) groups excluding carboxylic acids is 2. The van der Waals surface area contributed by atoms with E-state index in [1.807, 2.05) is 75.4 Å². The van der Waals surface area contributed by atoms with Crippen molar-refractivity contribution in [3.05, 3.63) is 130 Å². The van der Waals surface area contributed by atoms with Gasteiger partial charge in [0.1, 0.15) is 12.6 Å². The van der Waals surface area contributed by atoms with Crippen molar-refractivity contribution in [3.8, 4) is 0 Å². The molecule has 10 heteroatoms. The average molecular weight is 667 g/mol. The second-order valence-electron chi connectivity index (χ2n) is 11.0. The van der Waals surface area contributed by atoms with Crippen LogP contribution in [0.1, 0.15) is 37.0 Å². The molecular weight excluding hydrogens is 629 g/mol. The van der Waals surface area contributed by atoms with Gasteiger partial charge in [-0.05, 0) is 73.9 Å². The van der Waals surface area contributed by atoms with Crippen LogP contribution >= 0.6 is 23.2 Å². The molecule has 0 unspecified atom stereocenters.